The molecular formula is C48H53FN7O7P. The lowest BCUT2D eigenvalue weighted by Gasteiger charge is -2.39. The summed E-state index contributed by atoms with van der Waals surface area (Å²) in [7, 11) is 2.89. The minimum absolute atomic E-state index is 0.0572. The second-order valence-electron chi connectivity index (χ2n) is 15.7. The lowest BCUT2D eigenvalue weighted by Crippen LogP contribution is -2.41. The van der Waals surface area contributed by atoms with Gasteiger partial charge in [0.2, 0.25) is 0 Å². The van der Waals surface area contributed by atoms with E-state index in [1.807, 2.05) is 117 Å². The second-order valence-corrected chi connectivity index (χ2v) is 17.1. The van der Waals surface area contributed by atoms with Crippen LogP contribution < -0.4 is 14.4 Å². The van der Waals surface area contributed by atoms with Gasteiger partial charge in [-0.2, -0.15) is 5.26 Å². The molecular weight excluding hydrogens is 837 g/mol. The summed E-state index contributed by atoms with van der Waals surface area (Å²) in [5.41, 5.74) is 2.09. The molecule has 0 aliphatic carbocycles. The molecule has 0 saturated carbocycles. The number of methoxy groups -OCH3 is 2. The predicted octanol–water partition coefficient (Wildman–Crippen LogP) is 9.03. The van der Waals surface area contributed by atoms with Crippen LogP contribution in [0.5, 0.6) is 11.5 Å². The first kappa shape index (κ1) is 46.2. The number of rotatable bonds is 19. The predicted molar refractivity (Wildman–Crippen MR) is 242 cm³/mol. The van der Waals surface area contributed by atoms with E-state index in [-0.39, 0.29) is 54.6 Å². The van der Waals surface area contributed by atoms with E-state index in [0.717, 1.165) is 16.7 Å². The molecule has 5 atom stereocenters. The highest BCUT2D eigenvalue weighted by atomic mass is 31.2. The second kappa shape index (κ2) is 20.8. The van der Waals surface area contributed by atoms with E-state index in [1.54, 1.807) is 45.5 Å². The number of hydrogen-bond donors (Lipinski definition) is 0. The summed E-state index contributed by atoms with van der Waals surface area (Å²) in [5.74, 6) is 1.26. The maximum Gasteiger partial charge on any atom is 0.259 e. The highest BCUT2D eigenvalue weighted by molar-refractivity contribution is 7.44. The summed E-state index contributed by atoms with van der Waals surface area (Å²) in [6.07, 6.45) is -2.54. The zero-order valence-electron chi connectivity index (χ0n) is 36.9. The van der Waals surface area contributed by atoms with Crippen molar-refractivity contribution < 1.29 is 37.2 Å². The van der Waals surface area contributed by atoms with Gasteiger partial charge < -0.3 is 28.0 Å². The number of anilines is 1. The first-order chi connectivity index (χ1) is 31.0. The molecule has 334 valence electrons. The van der Waals surface area contributed by atoms with Crippen LogP contribution in [-0.4, -0.2) is 95.0 Å². The quantitative estimate of drug-likeness (QED) is 0.0435. The van der Waals surface area contributed by atoms with Gasteiger partial charge in [-0.25, -0.2) is 24.0 Å². The van der Waals surface area contributed by atoms with Gasteiger partial charge in [-0.15, -0.1) is 0 Å². The van der Waals surface area contributed by atoms with Crippen molar-refractivity contribution in [3.63, 3.8) is 0 Å². The van der Waals surface area contributed by atoms with Crippen LogP contribution >= 0.6 is 8.53 Å². The Labute approximate surface area is 374 Å². The summed E-state index contributed by atoms with van der Waals surface area (Å²) in [5, 5.41) is 9.43. The third kappa shape index (κ3) is 9.49. The van der Waals surface area contributed by atoms with Gasteiger partial charge in [0.1, 0.15) is 35.6 Å². The summed E-state index contributed by atoms with van der Waals surface area (Å²) >= 11 is 0. The largest absolute Gasteiger partial charge is 0.497 e. The number of nitriles is 1. The fraction of sp³-hybridized carbons (Fsp3) is 0.354. The van der Waals surface area contributed by atoms with E-state index in [0.29, 0.717) is 17.1 Å². The van der Waals surface area contributed by atoms with Crippen LogP contribution in [0.25, 0.3) is 11.2 Å². The third-order valence-electron chi connectivity index (χ3n) is 11.0. The lowest BCUT2D eigenvalue weighted by atomic mass is 9.80. The zero-order valence-corrected chi connectivity index (χ0v) is 37.8. The van der Waals surface area contributed by atoms with Crippen LogP contribution in [0.4, 0.5) is 10.2 Å². The van der Waals surface area contributed by atoms with Gasteiger partial charge in [-0.1, -0.05) is 72.8 Å². The average Bonchev–Trinajstić information content (AvgIpc) is 3.89. The monoisotopic (exact) mass is 889 g/mol. The van der Waals surface area contributed by atoms with Gasteiger partial charge in [-0.3, -0.25) is 14.3 Å². The number of hydrogen-bond acceptors (Lipinski definition) is 12. The number of alkyl halides is 1. The highest BCUT2D eigenvalue weighted by Crippen LogP contribution is 2.51. The SMILES string of the molecule is COc1ccc(C(OC[C@H]2O[C@@H](n3cnc4c(N(C)C(=O)c5ccccc5)ncnc43)[C@@H](F)C2OP(OCCC#N)N(C(C)C)C(C)C)(c2ccccc2)c2ccc(OC)cc2)cc1. The Morgan fingerprint density at radius 1 is 0.859 bits per heavy atom. The van der Waals surface area contributed by atoms with Gasteiger partial charge in [0.25, 0.3) is 14.4 Å². The molecule has 0 radical (unpaired) electrons. The van der Waals surface area contributed by atoms with Crippen molar-refractivity contribution in [2.45, 2.75) is 76.4 Å². The van der Waals surface area contributed by atoms with Crippen LogP contribution in [0.1, 0.15) is 67.4 Å². The molecule has 2 aromatic heterocycles. The van der Waals surface area contributed by atoms with Gasteiger partial charge in [0.15, 0.2) is 29.4 Å². The van der Waals surface area contributed by atoms with Crippen LogP contribution in [0.3, 0.4) is 0 Å². The molecule has 4 aromatic carbocycles. The molecule has 0 bridgehead atoms. The van der Waals surface area contributed by atoms with E-state index in [4.69, 9.17) is 28.0 Å². The number of amides is 1. The summed E-state index contributed by atoms with van der Waals surface area (Å²) in [6.45, 7) is 7.97. The van der Waals surface area contributed by atoms with Gasteiger partial charge in [-0.05, 0) is 80.8 Å². The van der Waals surface area contributed by atoms with Crippen molar-refractivity contribution in [3.8, 4) is 17.6 Å². The van der Waals surface area contributed by atoms with Crippen molar-refractivity contribution in [3.05, 3.63) is 144 Å². The Kier molecular flexibility index (Phi) is 15.0. The van der Waals surface area contributed by atoms with Gasteiger partial charge in [0, 0.05) is 24.7 Å². The molecule has 2 unspecified atom stereocenters. The van der Waals surface area contributed by atoms with Gasteiger partial charge >= 0.3 is 0 Å². The summed E-state index contributed by atoms with van der Waals surface area (Å²) < 4.78 is 59.5. The minimum Gasteiger partial charge on any atom is -0.497 e. The van der Waals surface area contributed by atoms with Crippen LogP contribution in [0.2, 0.25) is 0 Å². The molecule has 1 saturated heterocycles. The standard InChI is InChI=1S/C48H53FN7O7P/c1-32(2)56(33(3)4)64(61-28-14-27-50)63-43-40(62-47(41(43)49)55-31-53-42-44(51-30-52-45(42)55)54(5)46(57)34-15-10-8-11-16-34)29-60-48(35-17-12-9-13-18-35,36-19-23-38(58-6)24-20-36)37-21-25-39(59-7)26-22-37/h8-13,15-26,30-33,40-41,43,47H,14,28-29H2,1-7H3/t40-,41+,43?,47-,64?/m1/s1. The molecule has 1 amide bonds. The molecule has 1 aliphatic heterocycles. The van der Waals surface area contributed by atoms with Crippen molar-refractivity contribution >= 4 is 31.4 Å². The number of carbonyl (C=O) groups excluding carboxylic acids is 1. The topological polar surface area (TPSA) is 146 Å². The molecule has 64 heavy (non-hydrogen) atoms. The van der Waals surface area contributed by atoms with E-state index < -0.39 is 38.7 Å². The summed E-state index contributed by atoms with van der Waals surface area (Å²) in [6, 6.07) is 35.9. The number of fused-ring (bicyclic) bond motifs is 1. The number of nitrogens with zero attached hydrogens (tertiary/aromatic N) is 7. The molecule has 16 heteroatoms. The zero-order chi connectivity index (χ0) is 45.4. The Balaban J connectivity index is 1.32. The fourth-order valence-electron chi connectivity index (χ4n) is 8.00. The van der Waals surface area contributed by atoms with E-state index in [2.05, 4.69) is 21.0 Å². The van der Waals surface area contributed by atoms with Crippen LogP contribution in [-0.2, 0) is 24.1 Å². The minimum atomic E-state index is -1.93. The first-order valence-electron chi connectivity index (χ1n) is 21.1. The Hall–Kier alpha value is -5.85. The molecule has 6 aromatic rings. The van der Waals surface area contributed by atoms with Gasteiger partial charge in [0.05, 0.1) is 46.3 Å². The summed E-state index contributed by atoms with van der Waals surface area (Å²) in [4.78, 5) is 28.5. The first-order valence-corrected chi connectivity index (χ1v) is 22.2. The Bertz CT molecular complexity index is 2440. The molecule has 7 rings (SSSR count). The van der Waals surface area contributed by atoms with Crippen LogP contribution in [0, 0.1) is 11.3 Å². The van der Waals surface area contributed by atoms with Crippen molar-refractivity contribution in [1.82, 2.24) is 24.2 Å². The van der Waals surface area contributed by atoms with Crippen molar-refractivity contribution in [1.29, 1.82) is 5.26 Å². The van der Waals surface area contributed by atoms with E-state index >= 15 is 4.39 Å². The maximum absolute atomic E-state index is 17.8. The Morgan fingerprint density at radius 3 is 2.00 bits per heavy atom. The molecule has 1 fully saturated rings. The lowest BCUT2D eigenvalue weighted by molar-refractivity contribution is -0.0919. The molecule has 1 aliphatic rings. The van der Waals surface area contributed by atoms with Crippen LogP contribution in [0.15, 0.2) is 122 Å². The average molecular weight is 890 g/mol. The van der Waals surface area contributed by atoms with E-state index in [9.17, 15) is 10.1 Å². The third-order valence-corrected chi connectivity index (χ3v) is 13.2. The smallest absolute Gasteiger partial charge is 0.259 e. The molecule has 3 heterocycles. The molecule has 0 spiro atoms. The number of carbonyl (C=O) groups is 1. The highest BCUT2D eigenvalue weighted by Gasteiger charge is 2.51. The van der Waals surface area contributed by atoms with Crippen molar-refractivity contribution in [2.24, 2.45) is 0 Å². The maximum atomic E-state index is 17.8. The Morgan fingerprint density at radius 2 is 1.44 bits per heavy atom. The number of benzene rings is 4. The number of ether oxygens (including phenoxy) is 4. The number of imidazole rings is 1. The number of aromatic nitrogens is 4. The molecule has 0 N–H and O–H groups in total. The van der Waals surface area contributed by atoms with Crippen molar-refractivity contribution in [2.75, 3.05) is 39.4 Å². The number of halogens is 1. The van der Waals surface area contributed by atoms with E-state index in [1.165, 1.54) is 22.1 Å². The normalized spacial score (nSPS) is 18.1. The fourth-order valence-corrected chi connectivity index (χ4v) is 9.76. The molecule has 14 nitrogen and oxygen atoms in total.